The first kappa shape index (κ1) is 15.9. The maximum Gasteiger partial charge on any atom is 0.192 e. The largest absolute Gasteiger partial charge is 0.487 e. The van der Waals surface area contributed by atoms with Gasteiger partial charge in [-0.05, 0) is 17.7 Å². The second-order valence-corrected chi connectivity index (χ2v) is 6.07. The molecule has 0 bridgehead atoms. The van der Waals surface area contributed by atoms with Crippen LogP contribution >= 0.6 is 11.6 Å². The van der Waals surface area contributed by atoms with E-state index in [2.05, 4.69) is 5.10 Å². The van der Waals surface area contributed by atoms with Crippen LogP contribution in [0, 0.1) is 0 Å². The summed E-state index contributed by atoms with van der Waals surface area (Å²) in [7, 11) is 0. The minimum absolute atomic E-state index is 0.0693. The Balaban J connectivity index is 1.65. The first-order valence-corrected chi connectivity index (χ1v) is 8.25. The number of aromatic nitrogens is 2. The Hall–Kier alpha value is -2.63. The predicted molar refractivity (Wildman–Crippen MR) is 93.3 cm³/mol. The molecule has 0 saturated carbocycles. The van der Waals surface area contributed by atoms with E-state index in [4.69, 9.17) is 21.1 Å². The van der Waals surface area contributed by atoms with E-state index in [-0.39, 0.29) is 12.4 Å². The highest BCUT2D eigenvalue weighted by Gasteiger charge is 2.24. The quantitative estimate of drug-likeness (QED) is 0.714. The van der Waals surface area contributed by atoms with Gasteiger partial charge in [0.05, 0.1) is 29.7 Å². The van der Waals surface area contributed by atoms with Gasteiger partial charge in [0.1, 0.15) is 24.0 Å². The number of halogens is 1. The van der Waals surface area contributed by atoms with Crippen molar-refractivity contribution in [1.29, 1.82) is 0 Å². The third-order valence-electron chi connectivity index (χ3n) is 4.05. The van der Waals surface area contributed by atoms with Crippen LogP contribution in [0.1, 0.15) is 21.6 Å². The second kappa shape index (κ2) is 6.70. The van der Waals surface area contributed by atoms with E-state index in [1.165, 1.54) is 0 Å². The number of ketones is 1. The van der Waals surface area contributed by atoms with E-state index in [0.29, 0.717) is 40.9 Å². The molecular weight excluding hydrogens is 340 g/mol. The summed E-state index contributed by atoms with van der Waals surface area (Å²) in [6.07, 6.45) is 1.56. The Bertz CT molecular complexity index is 922. The molecule has 4 rings (SSSR count). The van der Waals surface area contributed by atoms with Gasteiger partial charge in [0.25, 0.3) is 0 Å². The van der Waals surface area contributed by atoms with E-state index >= 15 is 0 Å². The van der Waals surface area contributed by atoms with Gasteiger partial charge in [-0.15, -0.1) is 0 Å². The Kier molecular flexibility index (Phi) is 4.26. The summed E-state index contributed by atoms with van der Waals surface area (Å²) in [5.41, 5.74) is 3.00. The van der Waals surface area contributed by atoms with Crippen molar-refractivity contribution in [3.8, 4) is 11.4 Å². The lowest BCUT2D eigenvalue weighted by atomic mass is 10.1. The van der Waals surface area contributed by atoms with E-state index in [1.54, 1.807) is 10.9 Å². The van der Waals surface area contributed by atoms with Crippen molar-refractivity contribution in [1.82, 2.24) is 9.78 Å². The number of fused-ring (bicyclic) bond motifs is 1. The van der Waals surface area contributed by atoms with Crippen molar-refractivity contribution in [2.45, 2.75) is 13.2 Å². The Labute approximate surface area is 149 Å². The van der Waals surface area contributed by atoms with Crippen LogP contribution in [0.4, 0.5) is 0 Å². The lowest BCUT2D eigenvalue weighted by molar-refractivity contribution is 0.0653. The molecule has 25 heavy (non-hydrogen) atoms. The average molecular weight is 355 g/mol. The van der Waals surface area contributed by atoms with Gasteiger partial charge in [0.2, 0.25) is 0 Å². The molecule has 0 radical (unpaired) electrons. The molecule has 0 fully saturated rings. The number of rotatable bonds is 4. The van der Waals surface area contributed by atoms with Crippen molar-refractivity contribution < 1.29 is 14.3 Å². The second-order valence-electron chi connectivity index (χ2n) is 5.70. The molecule has 1 aliphatic rings. The van der Waals surface area contributed by atoms with Crippen molar-refractivity contribution >= 4 is 17.4 Å². The van der Waals surface area contributed by atoms with Gasteiger partial charge in [0.15, 0.2) is 5.78 Å². The van der Waals surface area contributed by atoms with Gasteiger partial charge < -0.3 is 9.47 Å². The zero-order valence-corrected chi connectivity index (χ0v) is 14.1. The van der Waals surface area contributed by atoms with Crippen molar-refractivity contribution in [2.24, 2.45) is 0 Å². The molecule has 2 aromatic carbocycles. The SMILES string of the molecule is O=C1COCc2c1cnn2-c1cccc(OCc2ccccc2)c1Cl. The molecule has 0 spiro atoms. The average Bonchev–Trinajstić information content (AvgIpc) is 3.07. The normalized spacial score (nSPS) is 13.6. The van der Waals surface area contributed by atoms with Gasteiger partial charge in [-0.2, -0.15) is 5.10 Å². The van der Waals surface area contributed by atoms with Crippen LogP contribution in [-0.2, 0) is 18.0 Å². The molecular formula is C19H15ClN2O3. The van der Waals surface area contributed by atoms with Crippen LogP contribution in [0.5, 0.6) is 5.75 Å². The first-order valence-electron chi connectivity index (χ1n) is 7.87. The molecule has 126 valence electrons. The Morgan fingerprint density at radius 1 is 1.12 bits per heavy atom. The van der Waals surface area contributed by atoms with Gasteiger partial charge in [-0.25, -0.2) is 4.68 Å². The summed E-state index contributed by atoms with van der Waals surface area (Å²) in [6, 6.07) is 15.4. The molecule has 2 heterocycles. The highest BCUT2D eigenvalue weighted by atomic mass is 35.5. The molecule has 0 saturated heterocycles. The first-order chi connectivity index (χ1) is 12.2. The maximum absolute atomic E-state index is 11.9. The molecule has 0 atom stereocenters. The lowest BCUT2D eigenvalue weighted by Crippen LogP contribution is -2.19. The summed E-state index contributed by atoms with van der Waals surface area (Å²) in [5.74, 6) is 0.496. The van der Waals surface area contributed by atoms with E-state index < -0.39 is 0 Å². The third kappa shape index (κ3) is 3.04. The fraction of sp³-hybridized carbons (Fsp3) is 0.158. The van der Waals surface area contributed by atoms with Gasteiger partial charge in [0, 0.05) is 0 Å². The molecule has 6 heteroatoms. The van der Waals surface area contributed by atoms with E-state index in [1.807, 2.05) is 48.5 Å². The fourth-order valence-corrected chi connectivity index (χ4v) is 3.04. The number of ether oxygens (including phenoxy) is 2. The summed E-state index contributed by atoms with van der Waals surface area (Å²) >= 11 is 6.53. The highest BCUT2D eigenvalue weighted by molar-refractivity contribution is 6.33. The summed E-state index contributed by atoms with van der Waals surface area (Å²) in [5, 5.41) is 4.76. The van der Waals surface area contributed by atoms with Crippen LogP contribution in [0.15, 0.2) is 54.7 Å². The van der Waals surface area contributed by atoms with Crippen molar-refractivity contribution in [3.63, 3.8) is 0 Å². The Morgan fingerprint density at radius 3 is 2.80 bits per heavy atom. The van der Waals surface area contributed by atoms with E-state index in [9.17, 15) is 4.79 Å². The molecule has 0 aliphatic carbocycles. The molecule has 1 aliphatic heterocycles. The van der Waals surface area contributed by atoms with Gasteiger partial charge >= 0.3 is 0 Å². The molecule has 3 aromatic rings. The van der Waals surface area contributed by atoms with Crippen LogP contribution < -0.4 is 4.74 Å². The molecule has 0 amide bonds. The fourth-order valence-electron chi connectivity index (χ4n) is 2.78. The number of nitrogens with zero attached hydrogens (tertiary/aromatic N) is 2. The van der Waals surface area contributed by atoms with Crippen molar-refractivity contribution in [3.05, 3.63) is 76.6 Å². The zero-order valence-electron chi connectivity index (χ0n) is 13.3. The number of carbonyl (C=O) groups is 1. The van der Waals surface area contributed by atoms with Crippen LogP contribution in [0.2, 0.25) is 5.02 Å². The van der Waals surface area contributed by atoms with Crippen LogP contribution in [0.25, 0.3) is 5.69 Å². The third-order valence-corrected chi connectivity index (χ3v) is 4.43. The highest BCUT2D eigenvalue weighted by Crippen LogP contribution is 2.33. The molecule has 1 aromatic heterocycles. The summed E-state index contributed by atoms with van der Waals surface area (Å²) in [4.78, 5) is 11.9. The molecule has 0 N–H and O–H groups in total. The smallest absolute Gasteiger partial charge is 0.192 e. The molecule has 0 unspecified atom stereocenters. The van der Waals surface area contributed by atoms with Gasteiger partial charge in [-0.3, -0.25) is 4.79 Å². The zero-order chi connectivity index (χ0) is 17.2. The maximum atomic E-state index is 11.9. The van der Waals surface area contributed by atoms with Crippen LogP contribution in [-0.4, -0.2) is 22.2 Å². The Morgan fingerprint density at radius 2 is 1.96 bits per heavy atom. The topological polar surface area (TPSA) is 53.3 Å². The monoisotopic (exact) mass is 354 g/mol. The number of carbonyl (C=O) groups excluding carboxylic acids is 1. The number of benzene rings is 2. The predicted octanol–water partition coefficient (Wildman–Crippen LogP) is 3.82. The standard InChI is InChI=1S/C19H15ClN2O3/c20-19-15(22-16-11-24-12-17(23)14(16)9-21-22)7-4-8-18(19)25-10-13-5-2-1-3-6-13/h1-9H,10-12H2. The summed E-state index contributed by atoms with van der Waals surface area (Å²) < 4.78 is 12.8. The van der Waals surface area contributed by atoms with Gasteiger partial charge in [-0.1, -0.05) is 48.0 Å². The molecule has 5 nitrogen and oxygen atoms in total. The minimum atomic E-state index is -0.0693. The summed E-state index contributed by atoms with van der Waals surface area (Å²) in [6.45, 7) is 0.835. The number of Topliss-reactive ketones (excluding diaryl/α,β-unsaturated/α-hetero) is 1. The van der Waals surface area contributed by atoms with Crippen LogP contribution in [0.3, 0.4) is 0 Å². The lowest BCUT2D eigenvalue weighted by Gasteiger charge is -2.16. The number of hydrogen-bond acceptors (Lipinski definition) is 4. The van der Waals surface area contributed by atoms with E-state index in [0.717, 1.165) is 5.56 Å². The minimum Gasteiger partial charge on any atom is -0.487 e. The van der Waals surface area contributed by atoms with Crippen molar-refractivity contribution in [2.75, 3.05) is 6.61 Å². The number of hydrogen-bond donors (Lipinski definition) is 0.